The summed E-state index contributed by atoms with van der Waals surface area (Å²) in [6.07, 6.45) is 8.25. The largest absolute Gasteiger partial charge is 0.379 e. The van der Waals surface area contributed by atoms with Crippen LogP contribution in [0.25, 0.3) is 0 Å². The molecule has 0 aromatic carbocycles. The molecule has 1 saturated heterocycles. The molecule has 1 aliphatic heterocycles. The van der Waals surface area contributed by atoms with Gasteiger partial charge in [0.15, 0.2) is 0 Å². The van der Waals surface area contributed by atoms with E-state index in [2.05, 4.69) is 19.6 Å². The molecular formula is C18H26N4O3S. The molecule has 1 aromatic heterocycles. The van der Waals surface area contributed by atoms with Crippen LogP contribution in [0.5, 0.6) is 0 Å². The van der Waals surface area contributed by atoms with Crippen LogP contribution in [0.4, 0.5) is 5.95 Å². The SMILES string of the molecule is O=CC1(c2ccnc(NS(=O)C3CC3)n2)CCC(N2CCOCC2)CC1. The molecule has 2 heterocycles. The van der Waals surface area contributed by atoms with E-state index in [1.165, 1.54) is 0 Å². The zero-order chi connectivity index (χ0) is 18.0. The van der Waals surface area contributed by atoms with Gasteiger partial charge in [0, 0.05) is 25.3 Å². The summed E-state index contributed by atoms with van der Waals surface area (Å²) in [4.78, 5) is 23.3. The van der Waals surface area contributed by atoms with Gasteiger partial charge in [-0.3, -0.25) is 9.62 Å². The van der Waals surface area contributed by atoms with Crippen LogP contribution in [0.3, 0.4) is 0 Å². The number of nitrogens with one attached hydrogen (secondary N) is 1. The van der Waals surface area contributed by atoms with Gasteiger partial charge in [0.2, 0.25) is 5.95 Å². The Balaban J connectivity index is 1.44. The van der Waals surface area contributed by atoms with Crippen LogP contribution in [-0.2, 0) is 25.9 Å². The van der Waals surface area contributed by atoms with Crippen LogP contribution in [0, 0.1) is 0 Å². The fourth-order valence-corrected chi connectivity index (χ4v) is 5.01. The van der Waals surface area contributed by atoms with Gasteiger partial charge in [-0.15, -0.1) is 0 Å². The van der Waals surface area contributed by atoms with Crippen LogP contribution in [0.1, 0.15) is 44.2 Å². The number of aromatic nitrogens is 2. The van der Waals surface area contributed by atoms with Crippen molar-refractivity contribution in [2.24, 2.45) is 0 Å². The van der Waals surface area contributed by atoms with Crippen LogP contribution in [0.15, 0.2) is 12.3 Å². The van der Waals surface area contributed by atoms with E-state index in [1.54, 1.807) is 6.20 Å². The number of hydrogen-bond acceptors (Lipinski definition) is 6. The van der Waals surface area contributed by atoms with Gasteiger partial charge in [-0.1, -0.05) is 0 Å². The third kappa shape index (κ3) is 3.82. The van der Waals surface area contributed by atoms with Gasteiger partial charge >= 0.3 is 0 Å². The molecule has 1 atom stereocenters. The first-order valence-electron chi connectivity index (χ1n) is 9.49. The molecule has 0 bridgehead atoms. The number of nitrogens with zero attached hydrogens (tertiary/aromatic N) is 3. The van der Waals surface area contributed by atoms with E-state index >= 15 is 0 Å². The highest BCUT2D eigenvalue weighted by atomic mass is 32.2. The molecule has 1 aromatic rings. The highest BCUT2D eigenvalue weighted by molar-refractivity contribution is 7.87. The molecule has 8 heteroatoms. The van der Waals surface area contributed by atoms with Crippen molar-refractivity contribution in [3.63, 3.8) is 0 Å². The van der Waals surface area contributed by atoms with Crippen molar-refractivity contribution in [3.8, 4) is 0 Å². The van der Waals surface area contributed by atoms with Crippen LogP contribution >= 0.6 is 0 Å². The zero-order valence-corrected chi connectivity index (χ0v) is 15.7. The van der Waals surface area contributed by atoms with E-state index in [1.807, 2.05) is 6.07 Å². The third-order valence-corrected chi connectivity index (χ3v) is 7.28. The van der Waals surface area contributed by atoms with Crippen LogP contribution in [0.2, 0.25) is 0 Å². The smallest absolute Gasteiger partial charge is 0.234 e. The fraction of sp³-hybridized carbons (Fsp3) is 0.722. The summed E-state index contributed by atoms with van der Waals surface area (Å²) in [7, 11) is -1.13. The van der Waals surface area contributed by atoms with Crippen molar-refractivity contribution in [2.75, 3.05) is 31.0 Å². The first-order chi connectivity index (χ1) is 12.7. The maximum atomic E-state index is 12.1. The minimum absolute atomic E-state index is 0.214. The lowest BCUT2D eigenvalue weighted by Gasteiger charge is -2.41. The van der Waals surface area contributed by atoms with Crippen molar-refractivity contribution >= 4 is 23.2 Å². The van der Waals surface area contributed by atoms with Gasteiger partial charge in [-0.25, -0.2) is 14.2 Å². The lowest BCUT2D eigenvalue weighted by Crippen LogP contribution is -2.47. The standard InChI is InChI=1S/C18H26N4O3S/c23-13-18(6-3-14(4-7-18)22-9-11-25-12-10-22)16-5-8-19-17(20-16)21-26(24)15-1-2-15/h5,8,13-15H,1-4,6-7,9-12H2,(H,19,20,21). The number of morpholine rings is 1. The Hall–Kier alpha value is -1.38. The number of rotatable bonds is 6. The summed E-state index contributed by atoms with van der Waals surface area (Å²) in [5, 5.41) is 0.214. The summed E-state index contributed by atoms with van der Waals surface area (Å²) in [5.41, 5.74) is 0.196. The molecule has 3 fully saturated rings. The van der Waals surface area contributed by atoms with E-state index in [-0.39, 0.29) is 5.25 Å². The highest BCUT2D eigenvalue weighted by Crippen LogP contribution is 2.39. The molecule has 4 rings (SSSR count). The fourth-order valence-electron chi connectivity index (χ4n) is 4.00. The summed E-state index contributed by atoms with van der Waals surface area (Å²) in [5.74, 6) is 0.365. The summed E-state index contributed by atoms with van der Waals surface area (Å²) in [6, 6.07) is 2.35. The van der Waals surface area contributed by atoms with Crippen molar-refractivity contribution in [1.82, 2.24) is 14.9 Å². The Morgan fingerprint density at radius 2 is 1.96 bits per heavy atom. The number of anilines is 1. The Bertz CT molecular complexity index is 668. The molecule has 0 spiro atoms. The van der Waals surface area contributed by atoms with E-state index in [0.29, 0.717) is 12.0 Å². The molecule has 26 heavy (non-hydrogen) atoms. The van der Waals surface area contributed by atoms with E-state index in [4.69, 9.17) is 4.74 Å². The van der Waals surface area contributed by atoms with Crippen LogP contribution in [-0.4, -0.2) is 63.0 Å². The van der Waals surface area contributed by atoms with E-state index < -0.39 is 16.4 Å². The van der Waals surface area contributed by atoms with E-state index in [9.17, 15) is 9.00 Å². The molecule has 142 valence electrons. The van der Waals surface area contributed by atoms with Crippen molar-refractivity contribution in [3.05, 3.63) is 18.0 Å². The predicted octanol–water partition coefficient (Wildman–Crippen LogP) is 1.43. The van der Waals surface area contributed by atoms with Crippen molar-refractivity contribution < 1.29 is 13.7 Å². The van der Waals surface area contributed by atoms with E-state index in [0.717, 1.165) is 76.8 Å². The molecule has 0 amide bonds. The van der Waals surface area contributed by atoms with Gasteiger partial charge in [0.1, 0.15) is 17.3 Å². The van der Waals surface area contributed by atoms with Gasteiger partial charge in [0.05, 0.1) is 29.6 Å². The number of ether oxygens (including phenoxy) is 1. The molecule has 1 unspecified atom stereocenters. The normalized spacial score (nSPS) is 31.3. The summed E-state index contributed by atoms with van der Waals surface area (Å²) < 4.78 is 20.4. The lowest BCUT2D eigenvalue weighted by atomic mass is 9.71. The van der Waals surface area contributed by atoms with Crippen LogP contribution < -0.4 is 4.72 Å². The maximum Gasteiger partial charge on any atom is 0.234 e. The number of carbonyl (C=O) groups excluding carboxylic acids is 1. The first-order valence-corrected chi connectivity index (χ1v) is 10.7. The second-order valence-electron chi connectivity index (χ2n) is 7.52. The van der Waals surface area contributed by atoms with Crippen molar-refractivity contribution in [2.45, 2.75) is 55.2 Å². The zero-order valence-electron chi connectivity index (χ0n) is 14.9. The molecule has 3 aliphatic rings. The molecule has 7 nitrogen and oxygen atoms in total. The average Bonchev–Trinajstić information content (AvgIpc) is 3.54. The quantitative estimate of drug-likeness (QED) is 0.754. The molecule has 0 radical (unpaired) electrons. The van der Waals surface area contributed by atoms with Gasteiger partial charge in [0.25, 0.3) is 0 Å². The van der Waals surface area contributed by atoms with Gasteiger partial charge in [-0.2, -0.15) is 0 Å². The number of carbonyl (C=O) groups is 1. The Morgan fingerprint density at radius 1 is 1.23 bits per heavy atom. The van der Waals surface area contributed by atoms with Gasteiger partial charge in [-0.05, 0) is 44.6 Å². The predicted molar refractivity (Wildman–Crippen MR) is 99.2 cm³/mol. The Labute approximate surface area is 156 Å². The topological polar surface area (TPSA) is 84.4 Å². The van der Waals surface area contributed by atoms with Gasteiger partial charge < -0.3 is 9.53 Å². The second kappa shape index (κ2) is 7.70. The molecule has 2 aliphatic carbocycles. The summed E-state index contributed by atoms with van der Waals surface area (Å²) in [6.45, 7) is 3.56. The molecule has 2 saturated carbocycles. The molecule has 1 N–H and O–H groups in total. The Morgan fingerprint density at radius 3 is 2.62 bits per heavy atom. The second-order valence-corrected chi connectivity index (χ2v) is 8.98. The number of hydrogen-bond donors (Lipinski definition) is 1. The minimum Gasteiger partial charge on any atom is -0.379 e. The average molecular weight is 378 g/mol. The minimum atomic E-state index is -1.13. The Kier molecular flexibility index (Phi) is 5.33. The summed E-state index contributed by atoms with van der Waals surface area (Å²) >= 11 is 0. The monoisotopic (exact) mass is 378 g/mol. The maximum absolute atomic E-state index is 12.1. The highest BCUT2D eigenvalue weighted by Gasteiger charge is 2.40. The third-order valence-electron chi connectivity index (χ3n) is 5.82. The van der Waals surface area contributed by atoms with Crippen molar-refractivity contribution in [1.29, 1.82) is 0 Å². The first kappa shape index (κ1) is 18.0. The molecular weight excluding hydrogens is 352 g/mol. The number of aldehydes is 1. The lowest BCUT2D eigenvalue weighted by molar-refractivity contribution is -0.114.